The molecule has 2 heterocycles. The Morgan fingerprint density at radius 2 is 1.56 bits per heavy atom. The maximum absolute atomic E-state index is 13.2. The van der Waals surface area contributed by atoms with Crippen molar-refractivity contribution in [3.05, 3.63) is 107 Å². The van der Waals surface area contributed by atoms with E-state index in [1.807, 2.05) is 12.1 Å². The molecule has 0 saturated carbocycles. The number of halogens is 3. The van der Waals surface area contributed by atoms with E-state index >= 15 is 0 Å². The number of aryl methyl sites for hydroxylation is 1. The van der Waals surface area contributed by atoms with Crippen LogP contribution in [-0.2, 0) is 10.9 Å². The van der Waals surface area contributed by atoms with E-state index in [1.54, 1.807) is 43.3 Å². The van der Waals surface area contributed by atoms with Crippen LogP contribution < -0.4 is 20.9 Å². The highest BCUT2D eigenvalue weighted by atomic mass is 32.1. The normalized spacial score (nSPS) is 13.5. The lowest BCUT2D eigenvalue weighted by molar-refractivity contribution is -0.137. The number of hydrogen-bond donors (Lipinski definition) is 3. The largest absolute Gasteiger partial charge is 0.416 e. The summed E-state index contributed by atoms with van der Waals surface area (Å²) in [5.74, 6) is -1.06. The van der Waals surface area contributed by atoms with Gasteiger partial charge in [-0.05, 0) is 85.3 Å². The second-order valence-corrected chi connectivity index (χ2v) is 11.5. The third-order valence-electron chi connectivity index (χ3n) is 7.34. The molecule has 1 aromatic heterocycles. The van der Waals surface area contributed by atoms with Crippen LogP contribution in [0.2, 0.25) is 0 Å². The number of rotatable bonds is 7. The van der Waals surface area contributed by atoms with Gasteiger partial charge in [-0.1, -0.05) is 23.5 Å². The third kappa shape index (κ3) is 7.08. The number of fused-ring (bicyclic) bond motifs is 1. The first-order valence-electron chi connectivity index (χ1n) is 14.1. The lowest BCUT2D eigenvalue weighted by Gasteiger charge is -2.28. The maximum Gasteiger partial charge on any atom is 0.416 e. The SMILES string of the molecule is Cc1ccc(NC(=O)c2cccc(C(F)(F)F)c2)cc1NC(=O)c1ccc2nc(Nc3ccc(N4CCOCC4)cc3)sc2c1. The Kier molecular flexibility index (Phi) is 8.42. The predicted molar refractivity (Wildman–Crippen MR) is 171 cm³/mol. The first-order chi connectivity index (χ1) is 21.6. The van der Waals surface area contributed by atoms with Crippen molar-refractivity contribution in [2.45, 2.75) is 13.1 Å². The molecule has 8 nitrogen and oxygen atoms in total. The number of nitrogens with one attached hydrogen (secondary N) is 3. The number of thiazole rings is 1. The van der Waals surface area contributed by atoms with E-state index in [2.05, 4.69) is 38.0 Å². The molecule has 0 atom stereocenters. The summed E-state index contributed by atoms with van der Waals surface area (Å²) >= 11 is 1.43. The zero-order valence-electron chi connectivity index (χ0n) is 24.1. The van der Waals surface area contributed by atoms with Gasteiger partial charge in [0.15, 0.2) is 5.13 Å². The van der Waals surface area contributed by atoms with Gasteiger partial charge >= 0.3 is 6.18 Å². The summed E-state index contributed by atoms with van der Waals surface area (Å²) in [6.45, 7) is 4.98. The van der Waals surface area contributed by atoms with Crippen LogP contribution in [0.4, 0.5) is 41.1 Å². The monoisotopic (exact) mass is 631 g/mol. The number of aromatic nitrogens is 1. The standard InChI is InChI=1S/C33H28F3N5O3S/c1-20-5-7-25(37-30(42)21-3-2-4-23(17-21)33(34,35)36)19-28(20)39-31(43)22-6-12-27-29(18-22)45-32(40-27)38-24-8-10-26(11-9-24)41-13-15-44-16-14-41/h2-12,17-19H,13-16H2,1H3,(H,37,42)(H,38,40)(H,39,43). The van der Waals surface area contributed by atoms with Crippen LogP contribution in [0.25, 0.3) is 10.2 Å². The molecule has 12 heteroatoms. The fourth-order valence-electron chi connectivity index (χ4n) is 4.89. The summed E-state index contributed by atoms with van der Waals surface area (Å²) in [5, 5.41) is 9.51. The molecule has 1 fully saturated rings. The quantitative estimate of drug-likeness (QED) is 0.170. The van der Waals surface area contributed by atoms with Crippen LogP contribution >= 0.6 is 11.3 Å². The minimum absolute atomic E-state index is 0.132. The second kappa shape index (κ2) is 12.6. The molecule has 45 heavy (non-hydrogen) atoms. The molecule has 230 valence electrons. The number of amides is 2. The van der Waals surface area contributed by atoms with E-state index in [0.717, 1.165) is 65.6 Å². The molecule has 1 aliphatic heterocycles. The Morgan fingerprint density at radius 3 is 2.31 bits per heavy atom. The van der Waals surface area contributed by atoms with E-state index in [-0.39, 0.29) is 11.5 Å². The van der Waals surface area contributed by atoms with E-state index in [4.69, 9.17) is 4.74 Å². The summed E-state index contributed by atoms with van der Waals surface area (Å²) in [7, 11) is 0. The Balaban J connectivity index is 1.12. The Labute approximate surface area is 260 Å². The number of benzene rings is 4. The highest BCUT2D eigenvalue weighted by molar-refractivity contribution is 7.22. The Hall–Kier alpha value is -4.94. The van der Waals surface area contributed by atoms with Crippen molar-refractivity contribution in [2.75, 3.05) is 47.2 Å². The van der Waals surface area contributed by atoms with Gasteiger partial charge in [-0.2, -0.15) is 13.2 Å². The van der Waals surface area contributed by atoms with Crippen LogP contribution in [0.5, 0.6) is 0 Å². The molecule has 0 spiro atoms. The van der Waals surface area contributed by atoms with E-state index in [1.165, 1.54) is 23.5 Å². The highest BCUT2D eigenvalue weighted by Gasteiger charge is 2.31. The average Bonchev–Trinajstić information content (AvgIpc) is 3.44. The topological polar surface area (TPSA) is 95.6 Å². The van der Waals surface area contributed by atoms with Gasteiger partial charge in [0.1, 0.15) is 0 Å². The van der Waals surface area contributed by atoms with Gasteiger partial charge in [0.05, 0.1) is 29.0 Å². The minimum atomic E-state index is -4.56. The van der Waals surface area contributed by atoms with E-state index in [0.29, 0.717) is 22.1 Å². The van der Waals surface area contributed by atoms with Crippen molar-refractivity contribution in [1.82, 2.24) is 4.98 Å². The first-order valence-corrected chi connectivity index (χ1v) is 14.9. The van der Waals surface area contributed by atoms with Gasteiger partial charge in [0.25, 0.3) is 11.8 Å². The van der Waals surface area contributed by atoms with Crippen LogP contribution in [0.15, 0.2) is 84.9 Å². The second-order valence-electron chi connectivity index (χ2n) is 10.5. The van der Waals surface area contributed by atoms with Crippen LogP contribution in [-0.4, -0.2) is 43.1 Å². The van der Waals surface area contributed by atoms with Crippen molar-refractivity contribution in [2.24, 2.45) is 0 Å². The van der Waals surface area contributed by atoms with Crippen molar-refractivity contribution in [1.29, 1.82) is 0 Å². The average molecular weight is 632 g/mol. The number of nitrogens with zero attached hydrogens (tertiary/aromatic N) is 2. The molecule has 1 saturated heterocycles. The lowest BCUT2D eigenvalue weighted by atomic mass is 10.1. The van der Waals surface area contributed by atoms with Crippen molar-refractivity contribution < 1.29 is 27.5 Å². The molecular weight excluding hydrogens is 603 g/mol. The fourth-order valence-corrected chi connectivity index (χ4v) is 5.81. The molecule has 1 aliphatic rings. The molecule has 0 aliphatic carbocycles. The molecule has 2 amide bonds. The maximum atomic E-state index is 13.2. The molecule has 5 aromatic rings. The summed E-state index contributed by atoms with van der Waals surface area (Å²) in [6, 6.07) is 22.5. The molecule has 4 aromatic carbocycles. The number of alkyl halides is 3. The minimum Gasteiger partial charge on any atom is -0.378 e. The summed E-state index contributed by atoms with van der Waals surface area (Å²) in [5.41, 5.74) is 3.69. The number of hydrogen-bond acceptors (Lipinski definition) is 7. The summed E-state index contributed by atoms with van der Waals surface area (Å²) in [6.07, 6.45) is -4.56. The molecule has 3 N–H and O–H groups in total. The van der Waals surface area contributed by atoms with Crippen molar-refractivity contribution >= 4 is 61.2 Å². The number of ether oxygens (including phenoxy) is 1. The molecule has 0 unspecified atom stereocenters. The van der Waals surface area contributed by atoms with E-state index < -0.39 is 17.6 Å². The van der Waals surface area contributed by atoms with Gasteiger partial charge in [-0.25, -0.2) is 4.98 Å². The van der Waals surface area contributed by atoms with Crippen LogP contribution in [0.3, 0.4) is 0 Å². The zero-order valence-corrected chi connectivity index (χ0v) is 24.9. The van der Waals surface area contributed by atoms with Gasteiger partial charge in [-0.15, -0.1) is 0 Å². The number of carbonyl (C=O) groups excluding carboxylic acids is 2. The van der Waals surface area contributed by atoms with Gasteiger partial charge in [0.2, 0.25) is 0 Å². The zero-order chi connectivity index (χ0) is 31.6. The smallest absolute Gasteiger partial charge is 0.378 e. The van der Waals surface area contributed by atoms with E-state index in [9.17, 15) is 22.8 Å². The van der Waals surface area contributed by atoms with Gasteiger partial charge < -0.3 is 25.6 Å². The molecule has 6 rings (SSSR count). The van der Waals surface area contributed by atoms with Gasteiger partial charge in [-0.3, -0.25) is 9.59 Å². The number of morpholine rings is 1. The molecule has 0 bridgehead atoms. The Morgan fingerprint density at radius 1 is 0.844 bits per heavy atom. The fraction of sp³-hybridized carbons (Fsp3) is 0.182. The Bertz CT molecular complexity index is 1870. The highest BCUT2D eigenvalue weighted by Crippen LogP contribution is 2.32. The number of anilines is 5. The van der Waals surface area contributed by atoms with Crippen LogP contribution in [0.1, 0.15) is 31.8 Å². The summed E-state index contributed by atoms with van der Waals surface area (Å²) < 4.78 is 45.5. The lowest BCUT2D eigenvalue weighted by Crippen LogP contribution is -2.36. The van der Waals surface area contributed by atoms with Crippen LogP contribution in [0, 0.1) is 6.92 Å². The molecular formula is C33H28F3N5O3S. The van der Waals surface area contributed by atoms with Gasteiger partial charge in [0, 0.05) is 47.0 Å². The number of carbonyl (C=O) groups is 2. The summed E-state index contributed by atoms with van der Waals surface area (Å²) in [4.78, 5) is 32.8. The van der Waals surface area contributed by atoms with Crippen molar-refractivity contribution in [3.63, 3.8) is 0 Å². The third-order valence-corrected chi connectivity index (χ3v) is 8.27. The molecule has 0 radical (unpaired) electrons. The van der Waals surface area contributed by atoms with Crippen molar-refractivity contribution in [3.8, 4) is 0 Å². The first kappa shape index (κ1) is 30.1. The predicted octanol–water partition coefficient (Wildman–Crippen LogP) is 7.71.